The molecule has 1 heterocycles. The molecule has 1 aromatic heterocycles. The Morgan fingerprint density at radius 3 is 2.62 bits per heavy atom. The Labute approximate surface area is 148 Å². The van der Waals surface area contributed by atoms with Crippen molar-refractivity contribution in [2.45, 2.75) is 6.92 Å². The van der Waals surface area contributed by atoms with Gasteiger partial charge in [0.1, 0.15) is 11.3 Å². The van der Waals surface area contributed by atoms with Gasteiger partial charge in [-0.15, -0.1) is 0 Å². The quantitative estimate of drug-likeness (QED) is 0.673. The maximum absolute atomic E-state index is 12.7. The van der Waals surface area contributed by atoms with Crippen molar-refractivity contribution < 1.29 is 5.11 Å². The molecule has 122 valence electrons. The van der Waals surface area contributed by atoms with Gasteiger partial charge in [0.15, 0.2) is 0 Å². The second kappa shape index (κ2) is 6.30. The predicted octanol–water partition coefficient (Wildman–Crippen LogP) is 4.69. The van der Waals surface area contributed by atoms with Crippen LogP contribution in [0.1, 0.15) is 12.5 Å². The Hall–Kier alpha value is -2.30. The first-order chi connectivity index (χ1) is 11.4. The van der Waals surface area contributed by atoms with Crippen LogP contribution in [0.15, 0.2) is 52.3 Å². The molecule has 0 aliphatic carbocycles. The van der Waals surface area contributed by atoms with E-state index in [2.05, 4.69) is 4.99 Å². The third-order valence-corrected chi connectivity index (χ3v) is 4.39. The maximum atomic E-state index is 12.7. The van der Waals surface area contributed by atoms with E-state index < -0.39 is 0 Å². The minimum atomic E-state index is -0.328. The third kappa shape index (κ3) is 2.79. The molecule has 0 saturated heterocycles. The molecule has 0 saturated carbocycles. The van der Waals surface area contributed by atoms with E-state index in [0.29, 0.717) is 32.3 Å². The normalized spacial score (nSPS) is 11.9. The number of nitrogens with zero attached hydrogens (tertiary/aromatic N) is 2. The van der Waals surface area contributed by atoms with Crippen LogP contribution in [-0.2, 0) is 7.05 Å². The summed E-state index contributed by atoms with van der Waals surface area (Å²) in [6.45, 7) is 1.66. The molecule has 0 amide bonds. The summed E-state index contributed by atoms with van der Waals surface area (Å²) in [5, 5.41) is 12.1. The second-order valence-corrected chi connectivity index (χ2v) is 6.24. The number of aromatic hydroxyl groups is 1. The van der Waals surface area contributed by atoms with E-state index in [1.165, 1.54) is 4.57 Å². The average molecular weight is 361 g/mol. The van der Waals surface area contributed by atoms with Gasteiger partial charge in [-0.2, -0.15) is 0 Å². The summed E-state index contributed by atoms with van der Waals surface area (Å²) in [5.74, 6) is -0.0897. The Morgan fingerprint density at radius 1 is 1.17 bits per heavy atom. The summed E-state index contributed by atoms with van der Waals surface area (Å²) in [6.07, 6.45) is 0. The summed E-state index contributed by atoms with van der Waals surface area (Å²) in [7, 11) is 1.66. The highest BCUT2D eigenvalue weighted by Crippen LogP contribution is 2.31. The number of para-hydroxylation sites is 1. The van der Waals surface area contributed by atoms with Crippen molar-refractivity contribution in [1.82, 2.24) is 4.57 Å². The second-order valence-electron chi connectivity index (χ2n) is 5.40. The SMILES string of the molecule is CC(=Nc1cc(Cl)ccc1Cl)c1c(O)c2ccccc2n(C)c1=O. The van der Waals surface area contributed by atoms with Crippen LogP contribution in [0.3, 0.4) is 0 Å². The molecule has 0 fully saturated rings. The lowest BCUT2D eigenvalue weighted by Gasteiger charge is -2.11. The van der Waals surface area contributed by atoms with Crippen LogP contribution in [0, 0.1) is 0 Å². The van der Waals surface area contributed by atoms with Gasteiger partial charge in [-0.3, -0.25) is 9.79 Å². The van der Waals surface area contributed by atoms with Crippen molar-refractivity contribution in [1.29, 1.82) is 0 Å². The van der Waals surface area contributed by atoms with Gasteiger partial charge in [0.25, 0.3) is 5.56 Å². The Balaban J connectivity index is 2.28. The van der Waals surface area contributed by atoms with E-state index in [1.807, 2.05) is 6.07 Å². The molecule has 0 radical (unpaired) electrons. The minimum absolute atomic E-state index is 0.0897. The smallest absolute Gasteiger partial charge is 0.263 e. The number of fused-ring (bicyclic) bond motifs is 1. The molecule has 1 N–H and O–H groups in total. The topological polar surface area (TPSA) is 54.6 Å². The van der Waals surface area contributed by atoms with E-state index in [0.717, 1.165) is 0 Å². The van der Waals surface area contributed by atoms with E-state index in [4.69, 9.17) is 23.2 Å². The molecule has 0 bridgehead atoms. The molecule has 0 spiro atoms. The number of aliphatic imine (C=N–C) groups is 1. The molecule has 24 heavy (non-hydrogen) atoms. The van der Waals surface area contributed by atoms with Crippen LogP contribution in [0.4, 0.5) is 5.69 Å². The van der Waals surface area contributed by atoms with Gasteiger partial charge in [0.05, 0.1) is 21.9 Å². The van der Waals surface area contributed by atoms with Crippen molar-refractivity contribution in [3.05, 3.63) is 68.4 Å². The molecular weight excluding hydrogens is 347 g/mol. The van der Waals surface area contributed by atoms with Crippen molar-refractivity contribution in [3.63, 3.8) is 0 Å². The molecule has 0 aliphatic rings. The van der Waals surface area contributed by atoms with Gasteiger partial charge >= 0.3 is 0 Å². The van der Waals surface area contributed by atoms with Crippen LogP contribution in [-0.4, -0.2) is 15.4 Å². The van der Waals surface area contributed by atoms with Crippen LogP contribution in [0.25, 0.3) is 10.9 Å². The number of benzene rings is 2. The summed E-state index contributed by atoms with van der Waals surface area (Å²) in [4.78, 5) is 17.0. The lowest BCUT2D eigenvalue weighted by molar-refractivity contribution is 0.478. The predicted molar refractivity (Wildman–Crippen MR) is 99.2 cm³/mol. The molecule has 0 unspecified atom stereocenters. The summed E-state index contributed by atoms with van der Waals surface area (Å²) >= 11 is 12.1. The highest BCUT2D eigenvalue weighted by Gasteiger charge is 2.17. The van der Waals surface area contributed by atoms with E-state index in [9.17, 15) is 9.90 Å². The summed E-state index contributed by atoms with van der Waals surface area (Å²) in [5.41, 5.74) is 1.27. The Bertz CT molecular complexity index is 1040. The monoisotopic (exact) mass is 360 g/mol. The third-order valence-electron chi connectivity index (χ3n) is 3.83. The summed E-state index contributed by atoms with van der Waals surface area (Å²) in [6, 6.07) is 12.0. The first-order valence-electron chi connectivity index (χ1n) is 7.21. The van der Waals surface area contributed by atoms with Crippen molar-refractivity contribution in [3.8, 4) is 5.75 Å². The number of rotatable bonds is 2. The number of hydrogen-bond donors (Lipinski definition) is 1. The first-order valence-corrected chi connectivity index (χ1v) is 7.97. The van der Waals surface area contributed by atoms with Crippen molar-refractivity contribution >= 4 is 45.5 Å². The van der Waals surface area contributed by atoms with Crippen LogP contribution >= 0.6 is 23.2 Å². The Kier molecular flexibility index (Phi) is 4.35. The van der Waals surface area contributed by atoms with Crippen LogP contribution in [0.5, 0.6) is 5.75 Å². The van der Waals surface area contributed by atoms with Crippen LogP contribution in [0.2, 0.25) is 10.0 Å². The van der Waals surface area contributed by atoms with Gasteiger partial charge in [0, 0.05) is 17.5 Å². The Morgan fingerprint density at radius 2 is 1.88 bits per heavy atom. The lowest BCUT2D eigenvalue weighted by atomic mass is 10.1. The largest absolute Gasteiger partial charge is 0.506 e. The van der Waals surface area contributed by atoms with Gasteiger partial charge in [-0.05, 0) is 37.3 Å². The van der Waals surface area contributed by atoms with Crippen LogP contribution < -0.4 is 5.56 Å². The molecule has 2 aromatic carbocycles. The maximum Gasteiger partial charge on any atom is 0.263 e. The number of pyridine rings is 1. The molecule has 3 aromatic rings. The molecule has 0 atom stereocenters. The van der Waals surface area contributed by atoms with Crippen molar-refractivity contribution in [2.75, 3.05) is 0 Å². The average Bonchev–Trinajstić information content (AvgIpc) is 2.56. The van der Waals surface area contributed by atoms with Gasteiger partial charge < -0.3 is 9.67 Å². The number of halogens is 2. The van der Waals surface area contributed by atoms with Gasteiger partial charge in [-0.25, -0.2) is 0 Å². The minimum Gasteiger partial charge on any atom is -0.506 e. The molecule has 4 nitrogen and oxygen atoms in total. The zero-order valence-corrected chi connectivity index (χ0v) is 14.6. The zero-order chi connectivity index (χ0) is 17.4. The van der Waals surface area contributed by atoms with E-state index in [-0.39, 0.29) is 16.9 Å². The summed E-state index contributed by atoms with van der Waals surface area (Å²) < 4.78 is 1.49. The lowest BCUT2D eigenvalue weighted by Crippen LogP contribution is -2.24. The standard InChI is InChI=1S/C18H14Cl2N2O2/c1-10(21-14-9-11(19)7-8-13(14)20)16-17(23)12-5-3-4-6-15(12)22(2)18(16)24/h3-9,23H,1-2H3. The number of aryl methyl sites for hydroxylation is 1. The highest BCUT2D eigenvalue weighted by molar-refractivity contribution is 6.35. The van der Waals surface area contributed by atoms with Crippen molar-refractivity contribution in [2.24, 2.45) is 12.0 Å². The molecular formula is C18H14Cl2N2O2. The van der Waals surface area contributed by atoms with E-state index >= 15 is 0 Å². The first kappa shape index (κ1) is 16.6. The van der Waals surface area contributed by atoms with E-state index in [1.54, 1.807) is 50.4 Å². The molecule has 3 rings (SSSR count). The zero-order valence-electron chi connectivity index (χ0n) is 13.0. The highest BCUT2D eigenvalue weighted by atomic mass is 35.5. The number of aromatic nitrogens is 1. The fourth-order valence-electron chi connectivity index (χ4n) is 2.61. The fraction of sp³-hybridized carbons (Fsp3) is 0.111. The van der Waals surface area contributed by atoms with Gasteiger partial charge in [-0.1, -0.05) is 35.3 Å². The molecule has 6 heteroatoms. The van der Waals surface area contributed by atoms with Gasteiger partial charge in [0.2, 0.25) is 0 Å². The fourth-order valence-corrected chi connectivity index (χ4v) is 2.94. The number of hydrogen-bond acceptors (Lipinski definition) is 3. The molecule has 0 aliphatic heterocycles.